The zero-order valence-corrected chi connectivity index (χ0v) is 12.9. The summed E-state index contributed by atoms with van der Waals surface area (Å²) in [5, 5.41) is 9.01. The van der Waals surface area contributed by atoms with E-state index in [1.54, 1.807) is 0 Å². The SMILES string of the molecule is CN1CCCC(CNS(=O)(=O)c2ccc(F)c(CO)c2)C1. The van der Waals surface area contributed by atoms with Gasteiger partial charge >= 0.3 is 0 Å². The lowest BCUT2D eigenvalue weighted by Gasteiger charge is -2.29. The Balaban J connectivity index is 2.04. The Kier molecular flexibility index (Phi) is 5.32. The molecule has 0 saturated carbocycles. The van der Waals surface area contributed by atoms with E-state index in [4.69, 9.17) is 5.11 Å². The van der Waals surface area contributed by atoms with Crippen molar-refractivity contribution in [3.8, 4) is 0 Å². The zero-order valence-electron chi connectivity index (χ0n) is 12.0. The van der Waals surface area contributed by atoms with E-state index in [0.29, 0.717) is 6.54 Å². The maximum atomic E-state index is 13.3. The van der Waals surface area contributed by atoms with E-state index >= 15 is 0 Å². The number of aliphatic hydroxyl groups is 1. The van der Waals surface area contributed by atoms with Gasteiger partial charge < -0.3 is 10.0 Å². The summed E-state index contributed by atoms with van der Waals surface area (Å²) in [6.07, 6.45) is 2.06. The standard InChI is InChI=1S/C14H21FN2O3S/c1-17-6-2-3-11(9-17)8-16-21(19,20)13-4-5-14(15)12(7-13)10-18/h4-5,7,11,16,18H,2-3,6,8-10H2,1H3. The van der Waals surface area contributed by atoms with Crippen LogP contribution in [0, 0.1) is 11.7 Å². The molecule has 0 aromatic heterocycles. The molecule has 1 unspecified atom stereocenters. The first-order valence-corrected chi connectivity index (χ1v) is 8.48. The molecular weight excluding hydrogens is 295 g/mol. The Hall–Kier alpha value is -1.02. The Morgan fingerprint density at radius 1 is 1.48 bits per heavy atom. The number of nitrogens with zero attached hydrogens (tertiary/aromatic N) is 1. The monoisotopic (exact) mass is 316 g/mol. The van der Waals surface area contributed by atoms with Crippen molar-refractivity contribution < 1.29 is 17.9 Å². The van der Waals surface area contributed by atoms with Crippen molar-refractivity contribution in [3.05, 3.63) is 29.6 Å². The third-order valence-electron chi connectivity index (χ3n) is 3.78. The molecule has 1 atom stereocenters. The number of piperidine rings is 1. The first kappa shape index (κ1) is 16.4. The predicted octanol–water partition coefficient (Wildman–Crippen LogP) is 0.938. The third kappa shape index (κ3) is 4.23. The fourth-order valence-corrected chi connectivity index (χ4v) is 3.76. The summed E-state index contributed by atoms with van der Waals surface area (Å²) in [5.74, 6) is -0.318. The van der Waals surface area contributed by atoms with Crippen LogP contribution < -0.4 is 4.72 Å². The van der Waals surface area contributed by atoms with Gasteiger partial charge in [0.1, 0.15) is 5.82 Å². The molecule has 118 valence electrons. The maximum absolute atomic E-state index is 13.3. The number of hydrogen-bond donors (Lipinski definition) is 2. The number of rotatable bonds is 5. The third-order valence-corrected chi connectivity index (χ3v) is 5.20. The van der Waals surface area contributed by atoms with Gasteiger partial charge in [-0.3, -0.25) is 0 Å². The summed E-state index contributed by atoms with van der Waals surface area (Å²) in [7, 11) is -1.65. The molecule has 21 heavy (non-hydrogen) atoms. The van der Waals surface area contributed by atoms with Gasteiger partial charge in [-0.05, 0) is 50.6 Å². The molecule has 1 aromatic rings. The first-order chi connectivity index (χ1) is 9.92. The summed E-state index contributed by atoms with van der Waals surface area (Å²) >= 11 is 0. The fraction of sp³-hybridized carbons (Fsp3) is 0.571. The van der Waals surface area contributed by atoms with E-state index in [-0.39, 0.29) is 16.4 Å². The van der Waals surface area contributed by atoms with Crippen LogP contribution in [0.1, 0.15) is 18.4 Å². The van der Waals surface area contributed by atoms with Crippen LogP contribution in [0.3, 0.4) is 0 Å². The van der Waals surface area contributed by atoms with Crippen LogP contribution in [-0.4, -0.2) is 45.1 Å². The molecule has 0 bridgehead atoms. The van der Waals surface area contributed by atoms with Gasteiger partial charge in [0.15, 0.2) is 0 Å². The van der Waals surface area contributed by atoms with Gasteiger partial charge in [-0.15, -0.1) is 0 Å². The van der Waals surface area contributed by atoms with Crippen LogP contribution >= 0.6 is 0 Å². The Labute approximate surface area is 124 Å². The minimum Gasteiger partial charge on any atom is -0.392 e. The maximum Gasteiger partial charge on any atom is 0.240 e. The fourth-order valence-electron chi connectivity index (χ4n) is 2.59. The van der Waals surface area contributed by atoms with Crippen molar-refractivity contribution in [1.82, 2.24) is 9.62 Å². The molecule has 1 aliphatic heterocycles. The van der Waals surface area contributed by atoms with Gasteiger partial charge in [-0.1, -0.05) is 0 Å². The number of benzene rings is 1. The summed E-state index contributed by atoms with van der Waals surface area (Å²) in [5.41, 5.74) is -0.0183. The molecular formula is C14H21FN2O3S. The topological polar surface area (TPSA) is 69.6 Å². The van der Waals surface area contributed by atoms with Gasteiger partial charge in [0.05, 0.1) is 11.5 Å². The lowest BCUT2D eigenvalue weighted by molar-refractivity contribution is 0.211. The molecule has 1 aromatic carbocycles. The van der Waals surface area contributed by atoms with Crippen molar-refractivity contribution in [3.63, 3.8) is 0 Å². The second-order valence-electron chi connectivity index (χ2n) is 5.53. The van der Waals surface area contributed by atoms with Crippen molar-refractivity contribution in [1.29, 1.82) is 0 Å². The second kappa shape index (κ2) is 6.83. The summed E-state index contributed by atoms with van der Waals surface area (Å²) in [6, 6.07) is 3.45. The number of halogens is 1. The lowest BCUT2D eigenvalue weighted by atomic mass is 9.99. The minimum atomic E-state index is -3.67. The smallest absolute Gasteiger partial charge is 0.240 e. The highest BCUT2D eigenvalue weighted by molar-refractivity contribution is 7.89. The Bertz CT molecular complexity index is 592. The van der Waals surface area contributed by atoms with E-state index in [2.05, 4.69) is 9.62 Å². The van der Waals surface area contributed by atoms with Crippen molar-refractivity contribution in [2.45, 2.75) is 24.3 Å². The predicted molar refractivity (Wildman–Crippen MR) is 77.7 cm³/mol. The molecule has 2 N–H and O–H groups in total. The van der Waals surface area contributed by atoms with Crippen LogP contribution in [0.2, 0.25) is 0 Å². The van der Waals surface area contributed by atoms with Gasteiger partial charge in [0.25, 0.3) is 0 Å². The molecule has 1 saturated heterocycles. The number of likely N-dealkylation sites (tertiary alicyclic amines) is 1. The molecule has 7 heteroatoms. The lowest BCUT2D eigenvalue weighted by Crippen LogP contribution is -2.39. The molecule has 0 aliphatic carbocycles. The number of nitrogens with one attached hydrogen (secondary N) is 1. The molecule has 0 spiro atoms. The Morgan fingerprint density at radius 2 is 2.24 bits per heavy atom. The van der Waals surface area contributed by atoms with E-state index in [1.807, 2.05) is 7.05 Å². The van der Waals surface area contributed by atoms with E-state index in [1.165, 1.54) is 12.1 Å². The van der Waals surface area contributed by atoms with Crippen LogP contribution in [0.15, 0.2) is 23.1 Å². The molecule has 1 heterocycles. The normalized spacial score (nSPS) is 20.6. The van der Waals surface area contributed by atoms with Crippen LogP contribution in [-0.2, 0) is 16.6 Å². The van der Waals surface area contributed by atoms with Crippen molar-refractivity contribution in [2.24, 2.45) is 5.92 Å². The van der Waals surface area contributed by atoms with Crippen molar-refractivity contribution in [2.75, 3.05) is 26.7 Å². The van der Waals surface area contributed by atoms with E-state index < -0.39 is 22.4 Å². The van der Waals surface area contributed by atoms with Gasteiger partial charge in [-0.25, -0.2) is 17.5 Å². The van der Waals surface area contributed by atoms with Crippen LogP contribution in [0.25, 0.3) is 0 Å². The Morgan fingerprint density at radius 3 is 2.90 bits per heavy atom. The largest absolute Gasteiger partial charge is 0.392 e. The summed E-state index contributed by atoms with van der Waals surface area (Å²) in [6.45, 7) is 1.76. The number of aliphatic hydroxyl groups excluding tert-OH is 1. The number of hydrogen-bond acceptors (Lipinski definition) is 4. The first-order valence-electron chi connectivity index (χ1n) is 7.00. The van der Waals surface area contributed by atoms with Crippen LogP contribution in [0.4, 0.5) is 4.39 Å². The van der Waals surface area contributed by atoms with E-state index in [0.717, 1.165) is 32.0 Å². The average molecular weight is 316 g/mol. The summed E-state index contributed by atoms with van der Waals surface area (Å²) in [4.78, 5) is 2.17. The number of sulfonamides is 1. The minimum absolute atomic E-state index is 0.0166. The molecule has 0 radical (unpaired) electrons. The average Bonchev–Trinajstić information content (AvgIpc) is 2.46. The quantitative estimate of drug-likeness (QED) is 0.848. The molecule has 2 rings (SSSR count). The summed E-state index contributed by atoms with van der Waals surface area (Å²) < 4.78 is 40.3. The van der Waals surface area contributed by atoms with Crippen LogP contribution in [0.5, 0.6) is 0 Å². The molecule has 1 aliphatic rings. The van der Waals surface area contributed by atoms with Crippen molar-refractivity contribution >= 4 is 10.0 Å². The van der Waals surface area contributed by atoms with Gasteiger partial charge in [0.2, 0.25) is 10.0 Å². The highest BCUT2D eigenvalue weighted by Crippen LogP contribution is 2.17. The molecule has 0 amide bonds. The zero-order chi connectivity index (χ0) is 15.5. The second-order valence-corrected chi connectivity index (χ2v) is 7.30. The van der Waals surface area contributed by atoms with E-state index in [9.17, 15) is 12.8 Å². The molecule has 5 nitrogen and oxygen atoms in total. The molecule has 1 fully saturated rings. The van der Waals surface area contributed by atoms with Gasteiger partial charge in [-0.2, -0.15) is 0 Å². The highest BCUT2D eigenvalue weighted by Gasteiger charge is 2.21. The van der Waals surface area contributed by atoms with Gasteiger partial charge in [0, 0.05) is 18.7 Å². The highest BCUT2D eigenvalue weighted by atomic mass is 32.2.